The van der Waals surface area contributed by atoms with Crippen LogP contribution < -0.4 is 9.75 Å². The topological polar surface area (TPSA) is 51.1 Å². The maximum absolute atomic E-state index is 12.4. The number of carbonyl (C=O) groups excluding carboxylic acids is 1. The lowest BCUT2D eigenvalue weighted by Crippen LogP contribution is -2.43. The molecular formula is C21H24N2O3. The third-order valence-electron chi connectivity index (χ3n) is 4.40. The van der Waals surface area contributed by atoms with Gasteiger partial charge >= 0.3 is 5.97 Å². The minimum absolute atomic E-state index is 0.219. The molecule has 0 fully saturated rings. The zero-order valence-electron chi connectivity index (χ0n) is 15.2. The first-order chi connectivity index (χ1) is 12.7. The maximum atomic E-state index is 12.4. The molecule has 0 saturated carbocycles. The number of rotatable bonds is 6. The lowest BCUT2D eigenvalue weighted by molar-refractivity contribution is -0.145. The summed E-state index contributed by atoms with van der Waals surface area (Å²) in [4.78, 5) is 12.4. The Kier molecular flexibility index (Phi) is 5.89. The van der Waals surface area contributed by atoms with Crippen molar-refractivity contribution in [3.8, 4) is 5.75 Å². The third kappa shape index (κ3) is 4.23. The molecule has 1 unspecified atom stereocenters. The van der Waals surface area contributed by atoms with Gasteiger partial charge in [0.1, 0.15) is 5.75 Å². The number of ether oxygens (including phenoxy) is 2. The number of para-hydroxylation sites is 1. The first-order valence-corrected chi connectivity index (χ1v) is 8.91. The average molecular weight is 352 g/mol. The summed E-state index contributed by atoms with van der Waals surface area (Å²) in [6.07, 6.45) is 2.23. The van der Waals surface area contributed by atoms with E-state index in [0.717, 1.165) is 30.0 Å². The molecule has 0 bridgehead atoms. The van der Waals surface area contributed by atoms with Crippen LogP contribution in [0.5, 0.6) is 5.75 Å². The normalized spacial score (nSPS) is 16.8. The molecule has 0 amide bonds. The van der Waals surface area contributed by atoms with E-state index >= 15 is 0 Å². The van der Waals surface area contributed by atoms with Crippen molar-refractivity contribution in [2.45, 2.75) is 32.2 Å². The Labute approximate surface area is 154 Å². The molecule has 0 spiro atoms. The predicted octanol–water partition coefficient (Wildman–Crippen LogP) is 3.83. The minimum Gasteiger partial charge on any atom is -0.497 e. The van der Waals surface area contributed by atoms with Crippen molar-refractivity contribution in [3.63, 3.8) is 0 Å². The molecule has 1 aliphatic heterocycles. The summed E-state index contributed by atoms with van der Waals surface area (Å²) in [5.74, 6) is 0.622. The van der Waals surface area contributed by atoms with Gasteiger partial charge in [-0.15, -0.1) is 0 Å². The highest BCUT2D eigenvalue weighted by atomic mass is 16.5. The van der Waals surface area contributed by atoms with E-state index in [0.29, 0.717) is 13.0 Å². The Morgan fingerprint density at radius 3 is 2.54 bits per heavy atom. The highest BCUT2D eigenvalue weighted by molar-refractivity contribution is 5.91. The Morgan fingerprint density at radius 1 is 1.15 bits per heavy atom. The number of hydrogen-bond acceptors (Lipinski definition) is 5. The molecule has 0 radical (unpaired) electrons. The molecule has 0 N–H and O–H groups in total. The van der Waals surface area contributed by atoms with Crippen LogP contribution in [0.25, 0.3) is 0 Å². The fourth-order valence-corrected chi connectivity index (χ4v) is 3.07. The van der Waals surface area contributed by atoms with Crippen LogP contribution in [0.1, 0.15) is 25.3 Å². The standard InChI is InChI=1S/C21H24N2O3/c1-3-26-21(24)20-14-11-17(15-16-9-12-19(25-2)13-10-16)22-23(20)18-7-5-4-6-8-18/h4-10,12-13,20H,3,11,14-15H2,1-2H3. The molecule has 5 heteroatoms. The number of carbonyl (C=O) groups is 1. The summed E-state index contributed by atoms with van der Waals surface area (Å²) in [7, 11) is 1.66. The van der Waals surface area contributed by atoms with Crippen LogP contribution in [0.15, 0.2) is 59.7 Å². The molecule has 5 nitrogen and oxygen atoms in total. The zero-order chi connectivity index (χ0) is 18.4. The van der Waals surface area contributed by atoms with Crippen LogP contribution in [0, 0.1) is 0 Å². The van der Waals surface area contributed by atoms with E-state index in [4.69, 9.17) is 14.6 Å². The number of benzene rings is 2. The van der Waals surface area contributed by atoms with Crippen LogP contribution in [-0.2, 0) is 16.0 Å². The second-order valence-electron chi connectivity index (χ2n) is 6.18. The Morgan fingerprint density at radius 2 is 1.88 bits per heavy atom. The van der Waals surface area contributed by atoms with Gasteiger partial charge in [-0.2, -0.15) is 5.10 Å². The monoisotopic (exact) mass is 352 g/mol. The van der Waals surface area contributed by atoms with Gasteiger partial charge in [-0.1, -0.05) is 30.3 Å². The number of anilines is 1. The largest absolute Gasteiger partial charge is 0.497 e. The second-order valence-corrected chi connectivity index (χ2v) is 6.18. The summed E-state index contributed by atoms with van der Waals surface area (Å²) in [6.45, 7) is 2.20. The number of esters is 1. The highest BCUT2D eigenvalue weighted by Gasteiger charge is 2.31. The molecule has 26 heavy (non-hydrogen) atoms. The smallest absolute Gasteiger partial charge is 0.330 e. The molecule has 1 atom stereocenters. The third-order valence-corrected chi connectivity index (χ3v) is 4.40. The van der Waals surface area contributed by atoms with E-state index in [1.807, 2.05) is 61.5 Å². The zero-order valence-corrected chi connectivity index (χ0v) is 15.2. The van der Waals surface area contributed by atoms with Crippen LogP contribution in [0.4, 0.5) is 5.69 Å². The fraction of sp³-hybridized carbons (Fsp3) is 0.333. The summed E-state index contributed by atoms with van der Waals surface area (Å²) < 4.78 is 10.5. The molecular weight excluding hydrogens is 328 g/mol. The number of nitrogens with zero attached hydrogens (tertiary/aromatic N) is 2. The first kappa shape index (κ1) is 18.0. The van der Waals surface area contributed by atoms with Crippen LogP contribution >= 0.6 is 0 Å². The highest BCUT2D eigenvalue weighted by Crippen LogP contribution is 2.26. The van der Waals surface area contributed by atoms with E-state index in [1.165, 1.54) is 5.56 Å². The second kappa shape index (κ2) is 8.52. The van der Waals surface area contributed by atoms with Crippen molar-refractivity contribution in [1.82, 2.24) is 0 Å². The maximum Gasteiger partial charge on any atom is 0.330 e. The predicted molar refractivity (Wildman–Crippen MR) is 103 cm³/mol. The van der Waals surface area contributed by atoms with Gasteiger partial charge < -0.3 is 9.47 Å². The van der Waals surface area contributed by atoms with Crippen molar-refractivity contribution in [2.75, 3.05) is 18.7 Å². The van der Waals surface area contributed by atoms with Crippen molar-refractivity contribution < 1.29 is 14.3 Å². The molecule has 0 aliphatic carbocycles. The lowest BCUT2D eigenvalue weighted by atomic mass is 10.00. The summed E-state index contributed by atoms with van der Waals surface area (Å²) in [5, 5.41) is 6.60. The van der Waals surface area contributed by atoms with Crippen molar-refractivity contribution in [2.24, 2.45) is 5.10 Å². The van der Waals surface area contributed by atoms with Crippen molar-refractivity contribution >= 4 is 17.4 Å². The summed E-state index contributed by atoms with van der Waals surface area (Å²) >= 11 is 0. The Balaban J connectivity index is 1.83. The molecule has 0 aromatic heterocycles. The van der Waals surface area contributed by atoms with Crippen molar-refractivity contribution in [3.05, 3.63) is 60.2 Å². The van der Waals surface area contributed by atoms with Gasteiger partial charge in [0, 0.05) is 12.1 Å². The Hall–Kier alpha value is -2.82. The summed E-state index contributed by atoms with van der Waals surface area (Å²) in [5.41, 5.74) is 3.13. The van der Waals surface area contributed by atoms with Gasteiger partial charge in [0.05, 0.1) is 19.4 Å². The van der Waals surface area contributed by atoms with Crippen molar-refractivity contribution in [1.29, 1.82) is 0 Å². The van der Waals surface area contributed by atoms with E-state index < -0.39 is 0 Å². The summed E-state index contributed by atoms with van der Waals surface area (Å²) in [6, 6.07) is 17.4. The molecule has 1 aliphatic rings. The van der Waals surface area contributed by atoms with E-state index in [2.05, 4.69) is 0 Å². The first-order valence-electron chi connectivity index (χ1n) is 8.91. The number of hydrazone groups is 1. The molecule has 2 aromatic carbocycles. The van der Waals surface area contributed by atoms with Gasteiger partial charge in [-0.3, -0.25) is 5.01 Å². The molecule has 2 aromatic rings. The van der Waals surface area contributed by atoms with Crippen LogP contribution in [-0.4, -0.2) is 31.4 Å². The van der Waals surface area contributed by atoms with E-state index in [9.17, 15) is 4.79 Å². The Bertz CT molecular complexity index is 757. The SMILES string of the molecule is CCOC(=O)C1CCC(Cc2ccc(OC)cc2)=NN1c1ccccc1. The molecule has 1 heterocycles. The molecule has 3 rings (SSSR count). The van der Waals surface area contributed by atoms with Crippen LogP contribution in [0.3, 0.4) is 0 Å². The van der Waals surface area contributed by atoms with Gasteiger partial charge in [0.2, 0.25) is 0 Å². The van der Waals surface area contributed by atoms with Crippen LogP contribution in [0.2, 0.25) is 0 Å². The number of methoxy groups -OCH3 is 1. The van der Waals surface area contributed by atoms with Gasteiger partial charge in [-0.05, 0) is 49.6 Å². The quantitative estimate of drug-likeness (QED) is 0.742. The minimum atomic E-state index is -0.378. The molecule has 0 saturated heterocycles. The average Bonchev–Trinajstić information content (AvgIpc) is 2.69. The van der Waals surface area contributed by atoms with Gasteiger partial charge in [-0.25, -0.2) is 4.79 Å². The number of hydrogen-bond donors (Lipinski definition) is 0. The van der Waals surface area contributed by atoms with E-state index in [-0.39, 0.29) is 12.0 Å². The molecule has 136 valence electrons. The fourth-order valence-electron chi connectivity index (χ4n) is 3.07. The lowest BCUT2D eigenvalue weighted by Gasteiger charge is -2.32. The van der Waals surface area contributed by atoms with E-state index in [1.54, 1.807) is 12.1 Å². The van der Waals surface area contributed by atoms with Gasteiger partial charge in [0.25, 0.3) is 0 Å². The van der Waals surface area contributed by atoms with Gasteiger partial charge in [0.15, 0.2) is 6.04 Å².